The topological polar surface area (TPSA) is 51.3 Å². The van der Waals surface area contributed by atoms with Crippen molar-refractivity contribution in [3.63, 3.8) is 0 Å². The highest BCUT2D eigenvalue weighted by Gasteiger charge is 1.96. The van der Waals surface area contributed by atoms with Gasteiger partial charge >= 0.3 is 0 Å². The maximum absolute atomic E-state index is 5.84. The average molecular weight is 247 g/mol. The van der Waals surface area contributed by atoms with Crippen molar-refractivity contribution in [3.8, 4) is 0 Å². The number of hydrogen-bond acceptors (Lipinski definition) is 3. The molecule has 0 saturated heterocycles. The van der Waals surface area contributed by atoms with Gasteiger partial charge in [-0.25, -0.2) is 4.98 Å². The fourth-order valence-corrected chi connectivity index (χ4v) is 1.89. The Morgan fingerprint density at radius 1 is 0.895 bits per heavy atom. The number of aromatic nitrogens is 1. The first-order valence-corrected chi connectivity index (χ1v) is 6.07. The Kier molecular flexibility index (Phi) is 2.94. The molecule has 0 amide bonds. The normalized spacial score (nSPS) is 11.2. The first-order valence-electron chi connectivity index (χ1n) is 6.07. The number of nitrogens with zero attached hydrogens (tertiary/aromatic N) is 2. The minimum absolute atomic E-state index is 0.666. The summed E-state index contributed by atoms with van der Waals surface area (Å²) in [5.74, 6) is 0. The molecule has 92 valence electrons. The van der Waals surface area contributed by atoms with Crippen LogP contribution >= 0.6 is 0 Å². The molecule has 3 rings (SSSR count). The molecule has 2 aromatic carbocycles. The standard InChI is InChI=1S/C16H13N3/c17-14-6-2-4-8-16(14)18-11-13-10-9-12-5-1-3-7-15(12)19-13/h1-11H,17H2. The van der Waals surface area contributed by atoms with Crippen molar-refractivity contribution in [2.24, 2.45) is 4.99 Å². The molecule has 1 heterocycles. The SMILES string of the molecule is Nc1ccccc1N=Cc1ccc2ccccc2n1. The van der Waals surface area contributed by atoms with Gasteiger partial charge in [0.25, 0.3) is 0 Å². The molecule has 0 aliphatic rings. The molecule has 0 atom stereocenters. The number of fused-ring (bicyclic) bond motifs is 1. The van der Waals surface area contributed by atoms with Crippen LogP contribution in [0.3, 0.4) is 0 Å². The van der Waals surface area contributed by atoms with E-state index in [-0.39, 0.29) is 0 Å². The number of benzene rings is 2. The number of pyridine rings is 1. The summed E-state index contributed by atoms with van der Waals surface area (Å²) in [5.41, 5.74) is 9.06. The summed E-state index contributed by atoms with van der Waals surface area (Å²) in [4.78, 5) is 8.90. The van der Waals surface area contributed by atoms with Crippen molar-refractivity contribution in [3.05, 3.63) is 66.4 Å². The van der Waals surface area contributed by atoms with Gasteiger partial charge in [-0.2, -0.15) is 0 Å². The van der Waals surface area contributed by atoms with Crippen molar-refractivity contribution in [2.75, 3.05) is 5.73 Å². The Labute approximate surface area is 111 Å². The zero-order chi connectivity index (χ0) is 13.1. The predicted octanol–water partition coefficient (Wildman–Crippen LogP) is 3.57. The average Bonchev–Trinajstić information content (AvgIpc) is 2.46. The largest absolute Gasteiger partial charge is 0.397 e. The minimum Gasteiger partial charge on any atom is -0.397 e. The second-order valence-corrected chi connectivity index (χ2v) is 4.25. The van der Waals surface area contributed by atoms with Crippen molar-refractivity contribution in [1.82, 2.24) is 4.98 Å². The van der Waals surface area contributed by atoms with Crippen LogP contribution in [-0.4, -0.2) is 11.2 Å². The molecule has 0 fully saturated rings. The van der Waals surface area contributed by atoms with E-state index in [1.54, 1.807) is 6.21 Å². The molecular weight excluding hydrogens is 234 g/mol. The van der Waals surface area contributed by atoms with Gasteiger partial charge in [0.15, 0.2) is 0 Å². The Morgan fingerprint density at radius 2 is 1.68 bits per heavy atom. The number of nitrogen functional groups attached to an aromatic ring is 1. The number of anilines is 1. The van der Waals surface area contributed by atoms with E-state index in [0.29, 0.717) is 5.69 Å². The summed E-state index contributed by atoms with van der Waals surface area (Å²) in [6.45, 7) is 0. The van der Waals surface area contributed by atoms with E-state index in [1.807, 2.05) is 60.7 Å². The number of rotatable bonds is 2. The zero-order valence-electron chi connectivity index (χ0n) is 10.3. The van der Waals surface area contributed by atoms with Crippen molar-refractivity contribution in [2.45, 2.75) is 0 Å². The Hall–Kier alpha value is -2.68. The summed E-state index contributed by atoms with van der Waals surface area (Å²) < 4.78 is 0. The van der Waals surface area contributed by atoms with Gasteiger partial charge in [0.05, 0.1) is 28.8 Å². The van der Waals surface area contributed by atoms with E-state index in [1.165, 1.54) is 0 Å². The van der Waals surface area contributed by atoms with E-state index in [2.05, 4.69) is 9.98 Å². The number of hydrogen-bond donors (Lipinski definition) is 1. The lowest BCUT2D eigenvalue weighted by Gasteiger charge is -1.99. The quantitative estimate of drug-likeness (QED) is 0.556. The lowest BCUT2D eigenvalue weighted by Crippen LogP contribution is -1.89. The molecule has 0 bridgehead atoms. The molecule has 0 spiro atoms. The number of aliphatic imine (C=N–C) groups is 1. The van der Waals surface area contributed by atoms with E-state index in [4.69, 9.17) is 5.73 Å². The lowest BCUT2D eigenvalue weighted by atomic mass is 10.2. The molecule has 1 aromatic heterocycles. The number of para-hydroxylation sites is 3. The van der Waals surface area contributed by atoms with Gasteiger partial charge in [0, 0.05) is 5.39 Å². The van der Waals surface area contributed by atoms with Crippen molar-refractivity contribution >= 4 is 28.5 Å². The molecule has 0 aliphatic carbocycles. The summed E-state index contributed by atoms with van der Waals surface area (Å²) >= 11 is 0. The molecule has 0 aliphatic heterocycles. The van der Waals surface area contributed by atoms with Gasteiger partial charge in [-0.1, -0.05) is 36.4 Å². The fourth-order valence-electron chi connectivity index (χ4n) is 1.89. The summed E-state index contributed by atoms with van der Waals surface area (Å²) in [6.07, 6.45) is 1.73. The third-order valence-corrected chi connectivity index (χ3v) is 2.89. The van der Waals surface area contributed by atoms with Gasteiger partial charge in [-0.05, 0) is 24.3 Å². The second-order valence-electron chi connectivity index (χ2n) is 4.25. The highest BCUT2D eigenvalue weighted by molar-refractivity contribution is 5.86. The Balaban J connectivity index is 1.95. The van der Waals surface area contributed by atoms with Crippen LogP contribution in [0.15, 0.2) is 65.7 Å². The minimum atomic E-state index is 0.666. The van der Waals surface area contributed by atoms with Crippen molar-refractivity contribution in [1.29, 1.82) is 0 Å². The molecule has 2 N–H and O–H groups in total. The smallest absolute Gasteiger partial charge is 0.0859 e. The molecule has 19 heavy (non-hydrogen) atoms. The Bertz CT molecular complexity index is 748. The molecule has 3 heteroatoms. The van der Waals surface area contributed by atoms with Crippen LogP contribution in [0.1, 0.15) is 5.69 Å². The van der Waals surface area contributed by atoms with Crippen LogP contribution in [0, 0.1) is 0 Å². The lowest BCUT2D eigenvalue weighted by molar-refractivity contribution is 1.37. The van der Waals surface area contributed by atoms with Crippen LogP contribution in [0.25, 0.3) is 10.9 Å². The molecule has 3 nitrogen and oxygen atoms in total. The van der Waals surface area contributed by atoms with Gasteiger partial charge in [-0.15, -0.1) is 0 Å². The fraction of sp³-hybridized carbons (Fsp3) is 0. The van der Waals surface area contributed by atoms with Crippen LogP contribution in [-0.2, 0) is 0 Å². The first kappa shape index (κ1) is 11.4. The van der Waals surface area contributed by atoms with Crippen molar-refractivity contribution < 1.29 is 0 Å². The maximum atomic E-state index is 5.84. The first-order chi connectivity index (χ1) is 9.33. The van der Waals surface area contributed by atoms with Crippen LogP contribution in [0.4, 0.5) is 11.4 Å². The Morgan fingerprint density at radius 3 is 2.58 bits per heavy atom. The summed E-state index contributed by atoms with van der Waals surface area (Å²) in [7, 11) is 0. The summed E-state index contributed by atoms with van der Waals surface area (Å²) in [6, 6.07) is 19.5. The van der Waals surface area contributed by atoms with E-state index >= 15 is 0 Å². The molecule has 0 saturated carbocycles. The maximum Gasteiger partial charge on any atom is 0.0859 e. The number of nitrogens with two attached hydrogens (primary N) is 1. The van der Waals surface area contributed by atoms with Gasteiger partial charge in [0.2, 0.25) is 0 Å². The monoisotopic (exact) mass is 247 g/mol. The highest BCUT2D eigenvalue weighted by atomic mass is 14.8. The molecule has 3 aromatic rings. The molecular formula is C16H13N3. The summed E-state index contributed by atoms with van der Waals surface area (Å²) in [5, 5.41) is 1.12. The van der Waals surface area contributed by atoms with Gasteiger partial charge in [0.1, 0.15) is 0 Å². The van der Waals surface area contributed by atoms with E-state index < -0.39 is 0 Å². The van der Waals surface area contributed by atoms with Crippen LogP contribution in [0.2, 0.25) is 0 Å². The highest BCUT2D eigenvalue weighted by Crippen LogP contribution is 2.20. The molecule has 0 unspecified atom stereocenters. The second kappa shape index (κ2) is 4.90. The third-order valence-electron chi connectivity index (χ3n) is 2.89. The van der Waals surface area contributed by atoms with Crippen LogP contribution < -0.4 is 5.73 Å². The third kappa shape index (κ3) is 2.45. The van der Waals surface area contributed by atoms with Crippen LogP contribution in [0.5, 0.6) is 0 Å². The van der Waals surface area contributed by atoms with E-state index in [9.17, 15) is 0 Å². The predicted molar refractivity (Wildman–Crippen MR) is 79.9 cm³/mol. The molecule has 0 radical (unpaired) electrons. The zero-order valence-corrected chi connectivity index (χ0v) is 10.3. The van der Waals surface area contributed by atoms with Gasteiger partial charge in [-0.3, -0.25) is 4.99 Å². The van der Waals surface area contributed by atoms with E-state index in [0.717, 1.165) is 22.3 Å². The van der Waals surface area contributed by atoms with Gasteiger partial charge < -0.3 is 5.73 Å².